The number of carboxylic acid groups (broad SMARTS) is 1. The molecule has 1 rings (SSSR count). The number of ether oxygens (including phenoxy) is 1. The number of carbonyl (C=O) groups excluding carboxylic acids is 1. The highest BCUT2D eigenvalue weighted by atomic mass is 79.9. The summed E-state index contributed by atoms with van der Waals surface area (Å²) in [6.07, 6.45) is 2.63. The zero-order valence-electron chi connectivity index (χ0n) is 9.73. The Bertz CT molecular complexity index is 505. The number of benzene rings is 1. The summed E-state index contributed by atoms with van der Waals surface area (Å²) in [7, 11) is 0. The minimum absolute atomic E-state index is 0.125. The van der Waals surface area contributed by atoms with Gasteiger partial charge in [0.05, 0.1) is 22.0 Å². The molecule has 0 saturated carbocycles. The van der Waals surface area contributed by atoms with E-state index in [1.807, 2.05) is 0 Å². The Hall–Kier alpha value is -1.34. The van der Waals surface area contributed by atoms with Crippen LogP contribution in [0.15, 0.2) is 27.2 Å². The van der Waals surface area contributed by atoms with Crippen molar-refractivity contribution in [3.8, 4) is 5.75 Å². The molecule has 5 nitrogen and oxygen atoms in total. The van der Waals surface area contributed by atoms with Crippen LogP contribution in [-0.4, -0.2) is 23.6 Å². The highest BCUT2D eigenvalue weighted by Crippen LogP contribution is 2.35. The van der Waals surface area contributed by atoms with Gasteiger partial charge < -0.3 is 15.6 Å². The number of carboxylic acids is 1. The smallest absolute Gasteiger partial charge is 0.328 e. The lowest BCUT2D eigenvalue weighted by atomic mass is 10.2. The summed E-state index contributed by atoms with van der Waals surface area (Å²) < 4.78 is 6.72. The van der Waals surface area contributed by atoms with E-state index in [2.05, 4.69) is 31.9 Å². The predicted molar refractivity (Wildman–Crippen MR) is 77.8 cm³/mol. The lowest BCUT2D eigenvalue weighted by molar-refractivity contribution is -0.131. The first-order chi connectivity index (χ1) is 8.90. The van der Waals surface area contributed by atoms with Crippen molar-refractivity contribution in [2.24, 2.45) is 5.73 Å². The molecule has 0 aliphatic heterocycles. The van der Waals surface area contributed by atoms with Crippen LogP contribution >= 0.6 is 31.9 Å². The van der Waals surface area contributed by atoms with Crippen molar-refractivity contribution >= 4 is 49.8 Å². The monoisotopic (exact) mass is 391 g/mol. The maximum Gasteiger partial charge on any atom is 0.328 e. The number of primary amides is 1. The van der Waals surface area contributed by atoms with Crippen LogP contribution in [0.3, 0.4) is 0 Å². The Morgan fingerprint density at radius 2 is 1.89 bits per heavy atom. The van der Waals surface area contributed by atoms with E-state index in [9.17, 15) is 9.59 Å². The van der Waals surface area contributed by atoms with Crippen LogP contribution in [0.4, 0.5) is 0 Å². The van der Waals surface area contributed by atoms with Crippen molar-refractivity contribution in [2.45, 2.75) is 6.42 Å². The first-order valence-electron chi connectivity index (χ1n) is 5.21. The molecular weight excluding hydrogens is 382 g/mol. The quantitative estimate of drug-likeness (QED) is 0.728. The van der Waals surface area contributed by atoms with E-state index in [-0.39, 0.29) is 13.0 Å². The van der Waals surface area contributed by atoms with E-state index in [1.165, 1.54) is 6.08 Å². The average molecular weight is 393 g/mol. The summed E-state index contributed by atoms with van der Waals surface area (Å²) in [5, 5.41) is 8.56. The molecule has 0 aliphatic rings. The minimum atomic E-state index is -1.02. The summed E-state index contributed by atoms with van der Waals surface area (Å²) in [6, 6.07) is 3.42. The summed E-state index contributed by atoms with van der Waals surface area (Å²) in [5.74, 6) is -0.920. The number of nitrogens with two attached hydrogens (primary N) is 1. The SMILES string of the molecule is NC(=O)CCOc1c(Br)cc(/C=C/C(=O)O)cc1Br. The number of aliphatic carboxylic acids is 1. The highest BCUT2D eigenvalue weighted by Gasteiger charge is 2.08. The van der Waals surface area contributed by atoms with Crippen LogP contribution in [0, 0.1) is 0 Å². The van der Waals surface area contributed by atoms with E-state index < -0.39 is 11.9 Å². The van der Waals surface area contributed by atoms with Gasteiger partial charge in [-0.25, -0.2) is 4.79 Å². The van der Waals surface area contributed by atoms with Crippen molar-refractivity contribution in [1.82, 2.24) is 0 Å². The Balaban J connectivity index is 2.85. The molecule has 19 heavy (non-hydrogen) atoms. The van der Waals surface area contributed by atoms with Crippen LogP contribution in [0.25, 0.3) is 6.08 Å². The molecule has 0 bridgehead atoms. The molecule has 1 aromatic rings. The molecule has 0 saturated heterocycles. The second kappa shape index (κ2) is 7.30. The molecule has 1 aromatic carbocycles. The number of amides is 1. The summed E-state index contributed by atoms with van der Waals surface area (Å²) in [4.78, 5) is 21.1. The highest BCUT2D eigenvalue weighted by molar-refractivity contribution is 9.11. The number of hydrogen-bond acceptors (Lipinski definition) is 3. The topological polar surface area (TPSA) is 89.6 Å². The van der Waals surface area contributed by atoms with Gasteiger partial charge in [-0.2, -0.15) is 0 Å². The summed E-state index contributed by atoms with van der Waals surface area (Å²) in [5.41, 5.74) is 5.72. The van der Waals surface area contributed by atoms with E-state index in [1.54, 1.807) is 12.1 Å². The zero-order chi connectivity index (χ0) is 14.4. The van der Waals surface area contributed by atoms with Crippen molar-refractivity contribution in [3.63, 3.8) is 0 Å². The van der Waals surface area contributed by atoms with Gasteiger partial charge >= 0.3 is 5.97 Å². The zero-order valence-corrected chi connectivity index (χ0v) is 12.9. The lowest BCUT2D eigenvalue weighted by Crippen LogP contribution is -2.14. The van der Waals surface area contributed by atoms with Gasteiger partial charge in [0.15, 0.2) is 0 Å². The molecule has 102 valence electrons. The normalized spacial score (nSPS) is 10.6. The molecule has 0 fully saturated rings. The molecule has 0 aromatic heterocycles. The van der Waals surface area contributed by atoms with Crippen LogP contribution in [0.5, 0.6) is 5.75 Å². The number of rotatable bonds is 6. The van der Waals surface area contributed by atoms with Gasteiger partial charge in [0, 0.05) is 6.08 Å². The van der Waals surface area contributed by atoms with Crippen molar-refractivity contribution in [2.75, 3.05) is 6.61 Å². The summed E-state index contributed by atoms with van der Waals surface area (Å²) in [6.45, 7) is 0.177. The van der Waals surface area contributed by atoms with Gasteiger partial charge in [-0.15, -0.1) is 0 Å². The van der Waals surface area contributed by atoms with Gasteiger partial charge in [-0.1, -0.05) is 0 Å². The molecule has 0 spiro atoms. The first kappa shape index (κ1) is 15.7. The standard InChI is InChI=1S/C12H11Br2NO4/c13-8-5-7(1-2-11(17)18)6-9(14)12(8)19-4-3-10(15)16/h1-2,5-6H,3-4H2,(H2,15,16)(H,17,18)/b2-1+. The number of carbonyl (C=O) groups is 2. The van der Waals surface area contributed by atoms with E-state index in [0.29, 0.717) is 20.3 Å². The van der Waals surface area contributed by atoms with Crippen molar-refractivity contribution < 1.29 is 19.4 Å². The molecule has 0 unspecified atom stereocenters. The molecule has 3 N–H and O–H groups in total. The van der Waals surface area contributed by atoms with Gasteiger partial charge in [0.1, 0.15) is 5.75 Å². The number of hydrogen-bond donors (Lipinski definition) is 2. The van der Waals surface area contributed by atoms with E-state index in [0.717, 1.165) is 6.08 Å². The van der Waals surface area contributed by atoms with E-state index >= 15 is 0 Å². The second-order valence-electron chi connectivity index (χ2n) is 3.55. The van der Waals surface area contributed by atoms with Gasteiger partial charge in [-0.3, -0.25) is 4.79 Å². The first-order valence-corrected chi connectivity index (χ1v) is 6.80. The van der Waals surface area contributed by atoms with Gasteiger partial charge in [0.25, 0.3) is 0 Å². The predicted octanol–water partition coefficient (Wildman–Crippen LogP) is 2.56. The van der Waals surface area contributed by atoms with Crippen LogP contribution in [0.2, 0.25) is 0 Å². The molecular formula is C12H11Br2NO4. The number of halogens is 2. The molecule has 0 heterocycles. The fourth-order valence-corrected chi connectivity index (χ4v) is 2.69. The molecule has 0 radical (unpaired) electrons. The maximum atomic E-state index is 10.6. The molecule has 1 amide bonds. The van der Waals surface area contributed by atoms with Crippen molar-refractivity contribution in [1.29, 1.82) is 0 Å². The molecule has 0 atom stereocenters. The minimum Gasteiger partial charge on any atom is -0.491 e. The Labute approximate surface area is 126 Å². The van der Waals surface area contributed by atoms with E-state index in [4.69, 9.17) is 15.6 Å². The third-order valence-corrected chi connectivity index (χ3v) is 3.21. The maximum absolute atomic E-state index is 10.6. The van der Waals surface area contributed by atoms with Crippen LogP contribution in [-0.2, 0) is 9.59 Å². The Kier molecular flexibility index (Phi) is 6.04. The Morgan fingerprint density at radius 1 is 1.32 bits per heavy atom. The average Bonchev–Trinajstić information content (AvgIpc) is 2.29. The molecule has 0 aliphatic carbocycles. The third-order valence-electron chi connectivity index (χ3n) is 2.03. The van der Waals surface area contributed by atoms with Crippen molar-refractivity contribution in [3.05, 3.63) is 32.7 Å². The fourth-order valence-electron chi connectivity index (χ4n) is 1.23. The van der Waals surface area contributed by atoms with Gasteiger partial charge in [-0.05, 0) is 55.6 Å². The Morgan fingerprint density at radius 3 is 2.37 bits per heavy atom. The fraction of sp³-hybridized carbons (Fsp3) is 0.167. The van der Waals surface area contributed by atoms with Crippen LogP contribution < -0.4 is 10.5 Å². The molecule has 7 heteroatoms. The lowest BCUT2D eigenvalue weighted by Gasteiger charge is -2.10. The second-order valence-corrected chi connectivity index (χ2v) is 5.26. The van der Waals surface area contributed by atoms with Gasteiger partial charge in [0.2, 0.25) is 5.91 Å². The largest absolute Gasteiger partial charge is 0.491 e. The van der Waals surface area contributed by atoms with Crippen LogP contribution in [0.1, 0.15) is 12.0 Å². The summed E-state index contributed by atoms with van der Waals surface area (Å²) >= 11 is 6.64. The third kappa shape index (κ3) is 5.44.